The summed E-state index contributed by atoms with van der Waals surface area (Å²) in [5.74, 6) is -1.41. The molecular formula is C19H20F2N2O4. The summed E-state index contributed by atoms with van der Waals surface area (Å²) in [5, 5.41) is 10.8. The molecule has 1 aliphatic rings. The molecule has 6 nitrogen and oxygen atoms in total. The topological polar surface area (TPSA) is 71.9 Å². The Labute approximate surface area is 155 Å². The maximum atomic E-state index is 14.1. The molecule has 1 aromatic heterocycles. The molecule has 0 spiro atoms. The normalized spacial score (nSPS) is 16.1. The Hall–Kier alpha value is -2.74. The summed E-state index contributed by atoms with van der Waals surface area (Å²) in [4.78, 5) is 17.9. The highest BCUT2D eigenvalue weighted by atomic mass is 19.1. The van der Waals surface area contributed by atoms with Crippen molar-refractivity contribution in [3.63, 3.8) is 0 Å². The number of hydrogen-bond donors (Lipinski definition) is 1. The number of halogens is 2. The van der Waals surface area contributed by atoms with Gasteiger partial charge in [0, 0.05) is 13.1 Å². The molecule has 144 valence electrons. The van der Waals surface area contributed by atoms with Crippen molar-refractivity contribution in [1.82, 2.24) is 4.98 Å². The first-order valence-electron chi connectivity index (χ1n) is 8.45. The highest BCUT2D eigenvalue weighted by molar-refractivity contribution is 5.92. The van der Waals surface area contributed by atoms with Gasteiger partial charge in [0.1, 0.15) is 23.0 Å². The Morgan fingerprint density at radius 2 is 1.78 bits per heavy atom. The molecule has 2 heterocycles. The van der Waals surface area contributed by atoms with Gasteiger partial charge in [-0.05, 0) is 37.1 Å². The van der Waals surface area contributed by atoms with Crippen LogP contribution in [0.5, 0.6) is 5.88 Å². The second kappa shape index (κ2) is 7.48. The Kier molecular flexibility index (Phi) is 5.27. The molecule has 27 heavy (non-hydrogen) atoms. The minimum atomic E-state index is -1.58. The highest BCUT2D eigenvalue weighted by Gasteiger charge is 2.38. The fraction of sp³-hybridized carbons (Fsp3) is 0.368. The molecule has 1 saturated heterocycles. The van der Waals surface area contributed by atoms with Crippen LogP contribution in [0.15, 0.2) is 30.3 Å². The van der Waals surface area contributed by atoms with Gasteiger partial charge in [-0.25, -0.2) is 13.6 Å². The zero-order chi connectivity index (χ0) is 19.6. The van der Waals surface area contributed by atoms with E-state index in [9.17, 15) is 18.7 Å². The molecule has 3 rings (SSSR count). The number of aromatic nitrogens is 1. The monoisotopic (exact) mass is 378 g/mol. The van der Waals surface area contributed by atoms with Gasteiger partial charge in [0.2, 0.25) is 5.88 Å². The van der Waals surface area contributed by atoms with Crippen LogP contribution < -0.4 is 9.64 Å². The third kappa shape index (κ3) is 3.57. The number of aliphatic hydroxyl groups is 1. The van der Waals surface area contributed by atoms with Crippen LogP contribution in [0.1, 0.15) is 28.8 Å². The van der Waals surface area contributed by atoms with Crippen molar-refractivity contribution in [3.05, 3.63) is 53.1 Å². The van der Waals surface area contributed by atoms with E-state index in [2.05, 4.69) is 9.72 Å². The number of nitrogens with zero attached hydrogens (tertiary/aromatic N) is 2. The largest absolute Gasteiger partial charge is 0.480 e. The zero-order valence-electron chi connectivity index (χ0n) is 15.0. The number of carbonyl (C=O) groups is 1. The zero-order valence-corrected chi connectivity index (χ0v) is 15.0. The SMILES string of the molecule is COC(=O)c1ccc(N2CCC(O)(c3c(F)cccc3F)CC2)nc1OC. The third-order valence-electron chi connectivity index (χ3n) is 4.79. The maximum absolute atomic E-state index is 14.1. The van der Waals surface area contributed by atoms with Crippen LogP contribution in [0.25, 0.3) is 0 Å². The van der Waals surface area contributed by atoms with Crippen molar-refractivity contribution in [3.8, 4) is 5.88 Å². The van der Waals surface area contributed by atoms with E-state index >= 15 is 0 Å². The van der Waals surface area contributed by atoms with Gasteiger partial charge in [-0.3, -0.25) is 0 Å². The Balaban J connectivity index is 1.81. The minimum Gasteiger partial charge on any atom is -0.480 e. The summed E-state index contributed by atoms with van der Waals surface area (Å²) >= 11 is 0. The van der Waals surface area contributed by atoms with E-state index in [-0.39, 0.29) is 29.8 Å². The van der Waals surface area contributed by atoms with Gasteiger partial charge in [0.05, 0.1) is 25.4 Å². The van der Waals surface area contributed by atoms with Gasteiger partial charge in [-0.1, -0.05) is 6.07 Å². The summed E-state index contributed by atoms with van der Waals surface area (Å²) in [6.45, 7) is 0.663. The molecule has 2 aromatic rings. The quantitative estimate of drug-likeness (QED) is 0.825. The van der Waals surface area contributed by atoms with Crippen LogP contribution in [0.4, 0.5) is 14.6 Å². The van der Waals surface area contributed by atoms with Crippen molar-refractivity contribution >= 4 is 11.8 Å². The smallest absolute Gasteiger partial charge is 0.343 e. The second-order valence-electron chi connectivity index (χ2n) is 6.33. The van der Waals surface area contributed by atoms with Gasteiger partial charge in [-0.2, -0.15) is 4.98 Å². The van der Waals surface area contributed by atoms with Gasteiger partial charge >= 0.3 is 5.97 Å². The van der Waals surface area contributed by atoms with E-state index in [1.54, 1.807) is 12.1 Å². The fourth-order valence-electron chi connectivity index (χ4n) is 3.33. The van der Waals surface area contributed by atoms with E-state index in [4.69, 9.17) is 4.74 Å². The lowest BCUT2D eigenvalue weighted by Crippen LogP contribution is -2.44. The summed E-state index contributed by atoms with van der Waals surface area (Å²) in [6.07, 6.45) is 0.265. The third-order valence-corrected chi connectivity index (χ3v) is 4.79. The van der Waals surface area contributed by atoms with Crippen LogP contribution in [0, 0.1) is 11.6 Å². The molecule has 0 aliphatic carbocycles. The van der Waals surface area contributed by atoms with Crippen molar-refractivity contribution in [1.29, 1.82) is 0 Å². The first-order chi connectivity index (χ1) is 12.9. The number of rotatable bonds is 4. The number of ether oxygens (including phenoxy) is 2. The number of anilines is 1. The number of hydrogen-bond acceptors (Lipinski definition) is 6. The van der Waals surface area contributed by atoms with Crippen LogP contribution in [0.3, 0.4) is 0 Å². The Bertz CT molecular complexity index is 831. The van der Waals surface area contributed by atoms with Crippen molar-refractivity contribution in [2.75, 3.05) is 32.2 Å². The van der Waals surface area contributed by atoms with Crippen molar-refractivity contribution in [2.45, 2.75) is 18.4 Å². The molecule has 1 aliphatic heterocycles. The Morgan fingerprint density at radius 3 is 2.33 bits per heavy atom. The molecular weight excluding hydrogens is 358 g/mol. The summed E-state index contributed by atoms with van der Waals surface area (Å²) in [6, 6.07) is 6.74. The molecule has 1 aromatic carbocycles. The second-order valence-corrected chi connectivity index (χ2v) is 6.33. The molecule has 0 unspecified atom stereocenters. The van der Waals surface area contributed by atoms with E-state index in [1.807, 2.05) is 4.90 Å². The molecule has 0 amide bonds. The Morgan fingerprint density at radius 1 is 1.15 bits per heavy atom. The van der Waals surface area contributed by atoms with Crippen LogP contribution in [-0.2, 0) is 10.3 Å². The van der Waals surface area contributed by atoms with Gasteiger partial charge in [0.25, 0.3) is 0 Å². The van der Waals surface area contributed by atoms with E-state index in [1.165, 1.54) is 20.3 Å². The molecule has 0 radical (unpaired) electrons. The maximum Gasteiger partial charge on any atom is 0.343 e. The lowest BCUT2D eigenvalue weighted by Gasteiger charge is -2.39. The number of benzene rings is 1. The predicted molar refractivity (Wildman–Crippen MR) is 93.8 cm³/mol. The first-order valence-corrected chi connectivity index (χ1v) is 8.45. The summed E-state index contributed by atoms with van der Waals surface area (Å²) in [5.41, 5.74) is -1.68. The average molecular weight is 378 g/mol. The lowest BCUT2D eigenvalue weighted by molar-refractivity contribution is 0.00492. The number of pyridine rings is 1. The number of piperidine rings is 1. The fourth-order valence-corrected chi connectivity index (χ4v) is 3.33. The van der Waals surface area contributed by atoms with Crippen LogP contribution >= 0.6 is 0 Å². The average Bonchev–Trinajstić information content (AvgIpc) is 2.67. The summed E-state index contributed by atoms with van der Waals surface area (Å²) in [7, 11) is 2.66. The number of methoxy groups -OCH3 is 2. The van der Waals surface area contributed by atoms with E-state index in [0.29, 0.717) is 18.9 Å². The number of carbonyl (C=O) groups excluding carboxylic acids is 1. The van der Waals surface area contributed by atoms with E-state index in [0.717, 1.165) is 12.1 Å². The minimum absolute atomic E-state index is 0.125. The van der Waals surface area contributed by atoms with Crippen molar-refractivity contribution in [2.24, 2.45) is 0 Å². The molecule has 0 bridgehead atoms. The molecule has 0 saturated carbocycles. The first kappa shape index (κ1) is 19.0. The van der Waals surface area contributed by atoms with Crippen LogP contribution in [0.2, 0.25) is 0 Å². The van der Waals surface area contributed by atoms with E-state index < -0.39 is 23.2 Å². The molecule has 1 N–H and O–H groups in total. The summed E-state index contributed by atoms with van der Waals surface area (Å²) < 4.78 is 38.0. The van der Waals surface area contributed by atoms with Crippen molar-refractivity contribution < 1.29 is 28.2 Å². The lowest BCUT2D eigenvalue weighted by atomic mass is 9.83. The molecule has 1 fully saturated rings. The van der Waals surface area contributed by atoms with Gasteiger partial charge in [-0.15, -0.1) is 0 Å². The van der Waals surface area contributed by atoms with Gasteiger partial charge in [0.15, 0.2) is 0 Å². The standard InChI is InChI=1S/C19H20F2N2O4/c1-26-17-12(18(24)27-2)6-7-15(22-17)23-10-8-19(25,9-11-23)16-13(20)4-3-5-14(16)21/h3-7,25H,8-11H2,1-2H3. The highest BCUT2D eigenvalue weighted by Crippen LogP contribution is 2.37. The van der Waals surface area contributed by atoms with Crippen LogP contribution in [-0.4, -0.2) is 43.4 Å². The number of esters is 1. The molecule has 0 atom stereocenters. The van der Waals surface area contributed by atoms with Gasteiger partial charge < -0.3 is 19.5 Å². The molecule has 8 heteroatoms. The predicted octanol–water partition coefficient (Wildman–Crippen LogP) is 2.64.